The topological polar surface area (TPSA) is 9.23 Å². The molecule has 0 aromatic heterocycles. The van der Waals surface area contributed by atoms with E-state index >= 15 is 0 Å². The second-order valence-electron chi connectivity index (χ2n) is 2.32. The van der Waals surface area contributed by atoms with Gasteiger partial charge in [0.1, 0.15) is 0 Å². The normalized spacial score (nSPS) is 13.5. The van der Waals surface area contributed by atoms with Crippen molar-refractivity contribution in [1.29, 1.82) is 0 Å². The van der Waals surface area contributed by atoms with Gasteiger partial charge in [0, 0.05) is 5.75 Å². The molecule has 0 aliphatic heterocycles. The van der Waals surface area contributed by atoms with Gasteiger partial charge in [-0.2, -0.15) is 12.6 Å². The van der Waals surface area contributed by atoms with Gasteiger partial charge < -0.3 is 4.74 Å². The van der Waals surface area contributed by atoms with Crippen LogP contribution in [0.15, 0.2) is 23.5 Å². The van der Waals surface area contributed by atoms with Gasteiger partial charge in [0.25, 0.3) is 0 Å². The summed E-state index contributed by atoms with van der Waals surface area (Å²) in [6.07, 6.45) is 5.08. The second-order valence-corrected chi connectivity index (χ2v) is 2.63. The Morgan fingerprint density at radius 1 is 1.45 bits per heavy atom. The highest BCUT2D eigenvalue weighted by Crippen LogP contribution is 2.04. The Morgan fingerprint density at radius 3 is 2.45 bits per heavy atom. The molecule has 0 rings (SSSR count). The van der Waals surface area contributed by atoms with E-state index in [1.54, 1.807) is 7.11 Å². The molecule has 0 heterocycles. The van der Waals surface area contributed by atoms with Gasteiger partial charge in [-0.1, -0.05) is 18.6 Å². The maximum absolute atomic E-state index is 4.98. The molecule has 2 heteroatoms. The first-order valence-electron chi connectivity index (χ1n) is 3.75. The third kappa shape index (κ3) is 4.96. The molecule has 1 nitrogen and oxygen atoms in total. The Bertz CT molecular complexity index is 153. The Hall–Kier alpha value is -0.370. The van der Waals surface area contributed by atoms with E-state index < -0.39 is 0 Å². The molecule has 0 aliphatic carbocycles. The Labute approximate surface area is 74.5 Å². The standard InChI is InChI=1S/C9H16OS/c1-4-9(7-11)6-5-8(2)10-3/h5-6,11H,4,7H2,1-3H3/b8-5+,9-6+. The SMILES string of the molecule is CC/C(=C\C=C(/C)OC)CS. The summed E-state index contributed by atoms with van der Waals surface area (Å²) >= 11 is 4.19. The van der Waals surface area contributed by atoms with Crippen molar-refractivity contribution in [1.82, 2.24) is 0 Å². The molecule has 0 aromatic carbocycles. The zero-order valence-electron chi connectivity index (χ0n) is 7.42. The zero-order valence-corrected chi connectivity index (χ0v) is 8.32. The van der Waals surface area contributed by atoms with E-state index in [1.165, 1.54) is 5.57 Å². The predicted octanol–water partition coefficient (Wildman–Crippen LogP) is 2.80. The molecule has 0 bridgehead atoms. The van der Waals surface area contributed by atoms with Crippen LogP contribution in [0.4, 0.5) is 0 Å². The van der Waals surface area contributed by atoms with E-state index in [2.05, 4.69) is 25.6 Å². The molecule has 0 radical (unpaired) electrons. The fourth-order valence-electron chi connectivity index (χ4n) is 0.586. The molecule has 0 fully saturated rings. The minimum Gasteiger partial charge on any atom is -0.501 e. The van der Waals surface area contributed by atoms with Gasteiger partial charge in [-0.15, -0.1) is 0 Å². The van der Waals surface area contributed by atoms with Crippen LogP contribution in [0.3, 0.4) is 0 Å². The predicted molar refractivity (Wildman–Crippen MR) is 53.0 cm³/mol. The van der Waals surface area contributed by atoms with Crippen LogP contribution in [0.2, 0.25) is 0 Å². The lowest BCUT2D eigenvalue weighted by molar-refractivity contribution is 0.293. The third-order valence-corrected chi connectivity index (χ3v) is 1.94. The lowest BCUT2D eigenvalue weighted by Gasteiger charge is -1.98. The van der Waals surface area contributed by atoms with Crippen molar-refractivity contribution in [3.63, 3.8) is 0 Å². The van der Waals surface area contributed by atoms with Crippen LogP contribution in [0.25, 0.3) is 0 Å². The van der Waals surface area contributed by atoms with Gasteiger partial charge in [0.15, 0.2) is 0 Å². The van der Waals surface area contributed by atoms with Gasteiger partial charge in [-0.05, 0) is 19.4 Å². The first-order valence-corrected chi connectivity index (χ1v) is 4.39. The van der Waals surface area contributed by atoms with Crippen molar-refractivity contribution in [3.05, 3.63) is 23.5 Å². The van der Waals surface area contributed by atoms with Crippen molar-refractivity contribution >= 4 is 12.6 Å². The van der Waals surface area contributed by atoms with Crippen molar-refractivity contribution in [2.75, 3.05) is 12.9 Å². The van der Waals surface area contributed by atoms with E-state index in [-0.39, 0.29) is 0 Å². The fraction of sp³-hybridized carbons (Fsp3) is 0.556. The zero-order chi connectivity index (χ0) is 8.69. The maximum atomic E-state index is 4.98. The smallest absolute Gasteiger partial charge is 0.0924 e. The Morgan fingerprint density at radius 2 is 2.09 bits per heavy atom. The summed E-state index contributed by atoms with van der Waals surface area (Å²) in [7, 11) is 1.67. The average Bonchev–Trinajstić information content (AvgIpc) is 2.06. The van der Waals surface area contributed by atoms with Crippen LogP contribution in [-0.2, 0) is 4.74 Å². The maximum Gasteiger partial charge on any atom is 0.0924 e. The van der Waals surface area contributed by atoms with Crippen LogP contribution in [0.1, 0.15) is 20.3 Å². The molecular weight excluding hydrogens is 156 g/mol. The summed E-state index contributed by atoms with van der Waals surface area (Å²) < 4.78 is 4.98. The summed E-state index contributed by atoms with van der Waals surface area (Å²) in [5.74, 6) is 1.75. The van der Waals surface area contributed by atoms with Crippen LogP contribution in [-0.4, -0.2) is 12.9 Å². The molecular formula is C9H16OS. The first-order chi connectivity index (χ1) is 5.24. The molecule has 0 aliphatic rings. The van der Waals surface area contributed by atoms with Gasteiger partial charge >= 0.3 is 0 Å². The Kier molecular flexibility index (Phi) is 6.13. The monoisotopic (exact) mass is 172 g/mol. The quantitative estimate of drug-likeness (QED) is 0.390. The fourth-order valence-corrected chi connectivity index (χ4v) is 0.915. The number of thiol groups is 1. The van der Waals surface area contributed by atoms with E-state index in [4.69, 9.17) is 4.74 Å². The van der Waals surface area contributed by atoms with Crippen molar-refractivity contribution in [2.24, 2.45) is 0 Å². The van der Waals surface area contributed by atoms with Gasteiger partial charge in [-0.3, -0.25) is 0 Å². The van der Waals surface area contributed by atoms with Crippen molar-refractivity contribution < 1.29 is 4.74 Å². The first kappa shape index (κ1) is 10.6. The van der Waals surface area contributed by atoms with Crippen molar-refractivity contribution in [3.8, 4) is 0 Å². The minimum absolute atomic E-state index is 0.823. The number of hydrogen-bond acceptors (Lipinski definition) is 2. The van der Waals surface area contributed by atoms with E-state index in [0.29, 0.717) is 0 Å². The number of methoxy groups -OCH3 is 1. The molecule has 0 saturated heterocycles. The summed E-state index contributed by atoms with van der Waals surface area (Å²) in [6, 6.07) is 0. The molecule has 64 valence electrons. The molecule has 0 N–H and O–H groups in total. The highest BCUT2D eigenvalue weighted by Gasteiger charge is 1.87. The Balaban J connectivity index is 4.06. The largest absolute Gasteiger partial charge is 0.501 e. The number of hydrogen-bond donors (Lipinski definition) is 1. The van der Waals surface area contributed by atoms with Gasteiger partial charge in [0.2, 0.25) is 0 Å². The van der Waals surface area contributed by atoms with E-state index in [0.717, 1.165) is 17.9 Å². The van der Waals surface area contributed by atoms with Gasteiger partial charge in [-0.25, -0.2) is 0 Å². The van der Waals surface area contributed by atoms with E-state index in [1.807, 2.05) is 13.0 Å². The number of rotatable bonds is 4. The van der Waals surface area contributed by atoms with Gasteiger partial charge in [0.05, 0.1) is 12.9 Å². The second kappa shape index (κ2) is 6.35. The lowest BCUT2D eigenvalue weighted by atomic mass is 10.2. The average molecular weight is 172 g/mol. The molecule has 11 heavy (non-hydrogen) atoms. The van der Waals surface area contributed by atoms with E-state index in [9.17, 15) is 0 Å². The molecule has 0 atom stereocenters. The van der Waals surface area contributed by atoms with Crippen LogP contribution < -0.4 is 0 Å². The highest BCUT2D eigenvalue weighted by atomic mass is 32.1. The third-order valence-electron chi connectivity index (χ3n) is 1.53. The summed E-state index contributed by atoms with van der Waals surface area (Å²) in [5.41, 5.74) is 1.32. The van der Waals surface area contributed by atoms with Crippen LogP contribution in [0, 0.1) is 0 Å². The summed E-state index contributed by atoms with van der Waals surface area (Å²) in [4.78, 5) is 0. The van der Waals surface area contributed by atoms with Crippen LogP contribution >= 0.6 is 12.6 Å². The van der Waals surface area contributed by atoms with Crippen molar-refractivity contribution in [2.45, 2.75) is 20.3 Å². The summed E-state index contributed by atoms with van der Waals surface area (Å²) in [6.45, 7) is 4.06. The lowest BCUT2D eigenvalue weighted by Crippen LogP contribution is -1.82. The molecule has 0 amide bonds. The molecule has 0 saturated carbocycles. The summed E-state index contributed by atoms with van der Waals surface area (Å²) in [5, 5.41) is 0. The molecule has 0 spiro atoms. The molecule has 0 unspecified atom stereocenters. The minimum atomic E-state index is 0.823. The molecule has 0 aromatic rings. The highest BCUT2D eigenvalue weighted by molar-refractivity contribution is 7.80. The number of allylic oxidation sites excluding steroid dienone is 3. The van der Waals surface area contributed by atoms with Crippen LogP contribution in [0.5, 0.6) is 0 Å². The number of ether oxygens (including phenoxy) is 1.